The summed E-state index contributed by atoms with van der Waals surface area (Å²) in [4.78, 5) is 58.7. The molecule has 1 saturated heterocycles. The standard InChI is InChI=1S/C33H56N4O7Si/c1-10-42-29(40)33-19-22(33)14-12-11-13-17-36(23-15-16-23)21-25(34-30(41)43-31(2,3)4)28(39)37-20-24(18-26(37)27(38)35-33)44-45(8,9)32(5,6)7/h12,14,22-26H,10-11,13,15-21H2,1-9H3,(H,34,41)(H,35,38)/t22?,24-,25+,26+,33-/m1/s1. The van der Waals surface area contributed by atoms with Gasteiger partial charge in [0.15, 0.2) is 8.32 Å². The fourth-order valence-corrected chi connectivity index (χ4v) is 7.44. The van der Waals surface area contributed by atoms with Crippen LogP contribution in [0.3, 0.4) is 0 Å². The van der Waals surface area contributed by atoms with Crippen LogP contribution in [-0.4, -0.2) is 104 Å². The van der Waals surface area contributed by atoms with E-state index >= 15 is 0 Å². The molecule has 0 spiro atoms. The average molecular weight is 649 g/mol. The lowest BCUT2D eigenvalue weighted by Gasteiger charge is -2.38. The van der Waals surface area contributed by atoms with Crippen LogP contribution in [0.15, 0.2) is 12.2 Å². The Morgan fingerprint density at radius 3 is 2.40 bits per heavy atom. The molecule has 0 aromatic heterocycles. The quantitative estimate of drug-likeness (QED) is 0.250. The van der Waals surface area contributed by atoms with Crippen molar-refractivity contribution in [2.45, 2.75) is 140 Å². The lowest BCUT2D eigenvalue weighted by molar-refractivity contribution is -0.150. The van der Waals surface area contributed by atoms with Crippen molar-refractivity contribution < 1.29 is 33.1 Å². The number of nitrogens with zero attached hydrogens (tertiary/aromatic N) is 2. The molecule has 4 aliphatic rings. The molecular weight excluding hydrogens is 592 g/mol. The number of alkyl carbamates (subject to hydrolysis) is 1. The topological polar surface area (TPSA) is 127 Å². The predicted molar refractivity (Wildman–Crippen MR) is 174 cm³/mol. The second-order valence-electron chi connectivity index (χ2n) is 15.7. The molecule has 11 nitrogen and oxygen atoms in total. The molecular formula is C33H56N4O7Si. The molecule has 2 heterocycles. The van der Waals surface area contributed by atoms with Crippen molar-refractivity contribution in [3.8, 4) is 0 Å². The van der Waals surface area contributed by atoms with Gasteiger partial charge in [-0.1, -0.05) is 32.9 Å². The first-order chi connectivity index (χ1) is 20.9. The van der Waals surface area contributed by atoms with E-state index in [0.29, 0.717) is 25.4 Å². The fraction of sp³-hybridized carbons (Fsp3) is 0.818. The number of esters is 1. The Balaban J connectivity index is 1.69. The van der Waals surface area contributed by atoms with E-state index in [-0.39, 0.29) is 36.1 Å². The third-order valence-corrected chi connectivity index (χ3v) is 14.3. The molecule has 45 heavy (non-hydrogen) atoms. The Hall–Kier alpha value is -2.44. The Morgan fingerprint density at radius 1 is 1.11 bits per heavy atom. The van der Waals surface area contributed by atoms with Crippen molar-refractivity contribution in [2.75, 3.05) is 26.2 Å². The number of ether oxygens (including phenoxy) is 2. The maximum Gasteiger partial charge on any atom is 0.408 e. The first kappa shape index (κ1) is 35.4. The smallest absolute Gasteiger partial charge is 0.408 e. The Morgan fingerprint density at radius 2 is 1.80 bits per heavy atom. The fourth-order valence-electron chi connectivity index (χ4n) is 6.09. The van der Waals surface area contributed by atoms with Gasteiger partial charge in [0.1, 0.15) is 23.2 Å². The summed E-state index contributed by atoms with van der Waals surface area (Å²) in [5.74, 6) is -1.37. The van der Waals surface area contributed by atoms with E-state index in [1.807, 2.05) is 6.08 Å². The Bertz CT molecular complexity index is 1160. The van der Waals surface area contributed by atoms with Crippen molar-refractivity contribution in [1.29, 1.82) is 0 Å². The van der Waals surface area contributed by atoms with Crippen molar-refractivity contribution >= 4 is 32.2 Å². The maximum absolute atomic E-state index is 14.5. The van der Waals surface area contributed by atoms with Gasteiger partial charge in [-0.25, -0.2) is 9.59 Å². The maximum atomic E-state index is 14.5. The van der Waals surface area contributed by atoms with Crippen molar-refractivity contribution in [3.63, 3.8) is 0 Å². The highest BCUT2D eigenvalue weighted by molar-refractivity contribution is 6.74. The highest BCUT2D eigenvalue weighted by atomic mass is 28.4. The summed E-state index contributed by atoms with van der Waals surface area (Å²) in [7, 11) is -2.25. The molecule has 2 N–H and O–H groups in total. The van der Waals surface area contributed by atoms with Gasteiger partial charge in [-0.2, -0.15) is 0 Å². The van der Waals surface area contributed by atoms with Crippen LogP contribution in [0.4, 0.5) is 4.79 Å². The van der Waals surface area contributed by atoms with E-state index < -0.39 is 49.5 Å². The largest absolute Gasteiger partial charge is 0.464 e. The molecule has 2 saturated carbocycles. The number of allylic oxidation sites excluding steroid dienone is 1. The summed E-state index contributed by atoms with van der Waals surface area (Å²) in [5.41, 5.74) is -1.89. The summed E-state index contributed by atoms with van der Waals surface area (Å²) in [6, 6.07) is -1.44. The van der Waals surface area contributed by atoms with Crippen molar-refractivity contribution in [3.05, 3.63) is 12.2 Å². The summed E-state index contributed by atoms with van der Waals surface area (Å²) in [5, 5.41) is 5.82. The van der Waals surface area contributed by atoms with Crippen LogP contribution in [0.2, 0.25) is 18.1 Å². The molecule has 4 rings (SSSR count). The zero-order valence-electron chi connectivity index (χ0n) is 28.9. The lowest BCUT2D eigenvalue weighted by atomic mass is 10.1. The zero-order chi connectivity index (χ0) is 33.4. The third kappa shape index (κ3) is 8.68. The molecule has 2 aliphatic carbocycles. The van der Waals surface area contributed by atoms with Gasteiger partial charge < -0.3 is 29.4 Å². The molecule has 0 bridgehead atoms. The first-order valence-corrected chi connectivity index (χ1v) is 19.7. The molecule has 5 atom stereocenters. The molecule has 3 amide bonds. The summed E-state index contributed by atoms with van der Waals surface area (Å²) in [6.07, 6.45) is 7.57. The minimum Gasteiger partial charge on any atom is -0.464 e. The van der Waals surface area contributed by atoms with E-state index in [1.165, 1.54) is 0 Å². The number of hydrogen-bond donors (Lipinski definition) is 2. The van der Waals surface area contributed by atoms with Gasteiger partial charge in [0.2, 0.25) is 11.8 Å². The van der Waals surface area contributed by atoms with Crippen LogP contribution in [0.5, 0.6) is 0 Å². The zero-order valence-corrected chi connectivity index (χ0v) is 29.9. The SMILES string of the molecule is CCOC(=O)[C@@]12CC1C=CCCCN(C1CC1)C[C@H](NC(=O)OC(C)(C)C)C(=O)N1C[C@H](O[Si](C)(C)C(C)(C)C)C[C@H]1C(=O)N2. The van der Waals surface area contributed by atoms with E-state index in [2.05, 4.69) is 55.5 Å². The Labute approximate surface area is 270 Å². The van der Waals surface area contributed by atoms with Gasteiger partial charge in [-0.15, -0.1) is 0 Å². The number of hydrogen-bond acceptors (Lipinski definition) is 8. The lowest BCUT2D eigenvalue weighted by Crippen LogP contribution is -2.59. The summed E-state index contributed by atoms with van der Waals surface area (Å²) >= 11 is 0. The van der Waals surface area contributed by atoms with Crippen LogP contribution in [-0.2, 0) is 28.3 Å². The van der Waals surface area contributed by atoms with Gasteiger partial charge >= 0.3 is 12.1 Å². The number of nitrogens with one attached hydrogen (secondary N) is 2. The van der Waals surface area contributed by atoms with Crippen LogP contribution in [0.1, 0.15) is 87.0 Å². The van der Waals surface area contributed by atoms with Crippen LogP contribution < -0.4 is 10.6 Å². The second-order valence-corrected chi connectivity index (χ2v) is 20.5. The first-order valence-electron chi connectivity index (χ1n) is 16.7. The summed E-state index contributed by atoms with van der Waals surface area (Å²) in [6.45, 7) is 19.4. The molecule has 0 aromatic carbocycles. The van der Waals surface area contributed by atoms with Crippen LogP contribution >= 0.6 is 0 Å². The van der Waals surface area contributed by atoms with Crippen LogP contribution in [0, 0.1) is 5.92 Å². The molecule has 1 unspecified atom stereocenters. The van der Waals surface area contributed by atoms with E-state index in [9.17, 15) is 19.2 Å². The van der Waals surface area contributed by atoms with Gasteiger partial charge in [0.25, 0.3) is 0 Å². The normalized spacial score (nSPS) is 30.4. The van der Waals surface area contributed by atoms with E-state index in [1.54, 1.807) is 32.6 Å². The number of fused-ring (bicyclic) bond motifs is 2. The second kappa shape index (κ2) is 13.3. The van der Waals surface area contributed by atoms with Crippen molar-refractivity contribution in [1.82, 2.24) is 20.4 Å². The van der Waals surface area contributed by atoms with Crippen LogP contribution in [0.25, 0.3) is 0 Å². The number of amides is 3. The highest BCUT2D eigenvalue weighted by Crippen LogP contribution is 2.46. The average Bonchev–Trinajstić information content (AvgIpc) is 3.82. The van der Waals surface area contributed by atoms with E-state index in [0.717, 1.165) is 32.2 Å². The monoisotopic (exact) mass is 648 g/mol. The predicted octanol–water partition coefficient (Wildman–Crippen LogP) is 4.12. The summed E-state index contributed by atoms with van der Waals surface area (Å²) < 4.78 is 17.7. The van der Waals surface area contributed by atoms with E-state index in [4.69, 9.17) is 13.9 Å². The molecule has 0 aromatic rings. The van der Waals surface area contributed by atoms with Gasteiger partial charge in [-0.05, 0) is 84.5 Å². The van der Waals surface area contributed by atoms with Gasteiger partial charge in [-0.3, -0.25) is 14.5 Å². The Kier molecular flexibility index (Phi) is 10.5. The highest BCUT2D eigenvalue weighted by Gasteiger charge is 2.62. The molecule has 2 aliphatic heterocycles. The minimum atomic E-state index is -2.25. The minimum absolute atomic E-state index is 0.0664. The molecule has 254 valence electrons. The number of carbonyl (C=O) groups is 4. The number of rotatable bonds is 6. The molecule has 3 fully saturated rings. The van der Waals surface area contributed by atoms with Gasteiger partial charge in [0, 0.05) is 31.5 Å². The molecule has 12 heteroatoms. The van der Waals surface area contributed by atoms with Crippen molar-refractivity contribution in [2.24, 2.45) is 5.92 Å². The number of carbonyl (C=O) groups excluding carboxylic acids is 4. The molecule has 0 radical (unpaired) electrons. The van der Waals surface area contributed by atoms with Gasteiger partial charge in [0.05, 0.1) is 12.7 Å². The third-order valence-electron chi connectivity index (χ3n) is 9.77.